The summed E-state index contributed by atoms with van der Waals surface area (Å²) in [5, 5.41) is 7.21. The van der Waals surface area contributed by atoms with Gasteiger partial charge in [-0.3, -0.25) is 14.4 Å². The number of aryl methyl sites for hydroxylation is 1. The van der Waals surface area contributed by atoms with E-state index in [-0.39, 0.29) is 11.9 Å². The fourth-order valence-corrected chi connectivity index (χ4v) is 4.34. The van der Waals surface area contributed by atoms with Crippen molar-refractivity contribution in [2.45, 2.75) is 45.1 Å². The van der Waals surface area contributed by atoms with Crippen LogP contribution in [0.3, 0.4) is 0 Å². The van der Waals surface area contributed by atoms with Gasteiger partial charge in [0.1, 0.15) is 12.2 Å². The summed E-state index contributed by atoms with van der Waals surface area (Å²) in [6.45, 7) is 7.22. The zero-order valence-corrected chi connectivity index (χ0v) is 15.9. The van der Waals surface area contributed by atoms with Gasteiger partial charge in [-0.1, -0.05) is 6.92 Å². The third-order valence-electron chi connectivity index (χ3n) is 5.92. The number of rotatable bonds is 6. The van der Waals surface area contributed by atoms with Gasteiger partial charge in [-0.25, -0.2) is 4.98 Å². The van der Waals surface area contributed by atoms with Crippen LogP contribution in [0.2, 0.25) is 0 Å². The number of nitrogens with zero attached hydrogens (tertiary/aromatic N) is 5. The Morgan fingerprint density at radius 3 is 2.76 bits per heavy atom. The molecule has 7 nitrogen and oxygen atoms in total. The molecule has 2 fully saturated rings. The number of carbonyl (C=O) groups excluding carboxylic acids is 1. The Morgan fingerprint density at radius 1 is 1.36 bits per heavy atom. The van der Waals surface area contributed by atoms with E-state index in [4.69, 9.17) is 0 Å². The molecule has 25 heavy (non-hydrogen) atoms. The van der Waals surface area contributed by atoms with Crippen molar-refractivity contribution < 1.29 is 4.79 Å². The number of piperidine rings is 1. The van der Waals surface area contributed by atoms with Gasteiger partial charge in [-0.15, -0.1) is 0 Å². The minimum atomic E-state index is 0.0304. The zero-order valence-electron chi connectivity index (χ0n) is 15.9. The molecule has 0 radical (unpaired) electrons. The topological polar surface area (TPSA) is 66.3 Å². The van der Waals surface area contributed by atoms with Crippen LogP contribution in [0.1, 0.15) is 38.4 Å². The van der Waals surface area contributed by atoms with Crippen molar-refractivity contribution in [2.24, 2.45) is 12.5 Å². The van der Waals surface area contributed by atoms with E-state index in [1.807, 2.05) is 7.05 Å². The van der Waals surface area contributed by atoms with Gasteiger partial charge < -0.3 is 10.2 Å². The molecule has 0 aliphatic carbocycles. The van der Waals surface area contributed by atoms with Gasteiger partial charge in [-0.05, 0) is 57.8 Å². The summed E-state index contributed by atoms with van der Waals surface area (Å²) in [4.78, 5) is 21.9. The fourth-order valence-electron chi connectivity index (χ4n) is 4.34. The highest BCUT2D eigenvalue weighted by Crippen LogP contribution is 2.43. The minimum absolute atomic E-state index is 0.0304. The second kappa shape index (κ2) is 7.83. The average Bonchev–Trinajstić information content (AvgIpc) is 3.16. The van der Waals surface area contributed by atoms with Gasteiger partial charge in [0.25, 0.3) is 0 Å². The van der Waals surface area contributed by atoms with Crippen LogP contribution in [0.4, 0.5) is 0 Å². The zero-order chi connectivity index (χ0) is 17.9. The van der Waals surface area contributed by atoms with E-state index in [0.717, 1.165) is 51.3 Å². The summed E-state index contributed by atoms with van der Waals surface area (Å²) in [7, 11) is 4.08. The van der Waals surface area contributed by atoms with Crippen LogP contribution in [0, 0.1) is 5.41 Å². The lowest BCUT2D eigenvalue weighted by Crippen LogP contribution is -2.44. The van der Waals surface area contributed by atoms with Crippen LogP contribution < -0.4 is 5.32 Å². The first kappa shape index (κ1) is 18.3. The van der Waals surface area contributed by atoms with Gasteiger partial charge in [-0.2, -0.15) is 5.10 Å². The smallest absolute Gasteiger partial charge is 0.237 e. The molecular formula is C18H32N6O. The Balaban J connectivity index is 1.56. The Kier molecular flexibility index (Phi) is 5.74. The van der Waals surface area contributed by atoms with Crippen molar-refractivity contribution in [1.82, 2.24) is 29.9 Å². The second-order valence-electron chi connectivity index (χ2n) is 7.83. The second-order valence-corrected chi connectivity index (χ2v) is 7.83. The Morgan fingerprint density at radius 2 is 2.12 bits per heavy atom. The predicted octanol–water partition coefficient (Wildman–Crippen LogP) is 0.670. The lowest BCUT2D eigenvalue weighted by molar-refractivity contribution is -0.125. The first-order valence-electron chi connectivity index (χ1n) is 9.56. The highest BCUT2D eigenvalue weighted by atomic mass is 16.2. The van der Waals surface area contributed by atoms with Crippen LogP contribution >= 0.6 is 0 Å². The third kappa shape index (κ3) is 4.20. The molecule has 1 N–H and O–H groups in total. The van der Waals surface area contributed by atoms with Crippen molar-refractivity contribution in [1.29, 1.82) is 0 Å². The van der Waals surface area contributed by atoms with Crippen molar-refractivity contribution in [2.75, 3.05) is 39.8 Å². The van der Waals surface area contributed by atoms with Crippen molar-refractivity contribution in [3.8, 4) is 0 Å². The molecular weight excluding hydrogens is 316 g/mol. The molecule has 0 unspecified atom stereocenters. The molecule has 1 atom stereocenters. The molecule has 1 aromatic rings. The summed E-state index contributed by atoms with van der Waals surface area (Å²) < 4.78 is 1.76. The molecule has 0 aromatic carbocycles. The van der Waals surface area contributed by atoms with Crippen molar-refractivity contribution in [3.05, 3.63) is 12.2 Å². The Bertz CT molecular complexity index is 578. The minimum Gasteiger partial charge on any atom is -0.354 e. The average molecular weight is 348 g/mol. The van der Waals surface area contributed by atoms with E-state index < -0.39 is 0 Å². The first-order chi connectivity index (χ1) is 12.0. The lowest BCUT2D eigenvalue weighted by atomic mass is 9.76. The summed E-state index contributed by atoms with van der Waals surface area (Å²) >= 11 is 0. The van der Waals surface area contributed by atoms with Crippen LogP contribution in [-0.2, 0) is 18.3 Å². The highest BCUT2D eigenvalue weighted by Gasteiger charge is 2.47. The Hall–Kier alpha value is -1.47. The van der Waals surface area contributed by atoms with E-state index >= 15 is 0 Å². The monoisotopic (exact) mass is 348 g/mol. The largest absolute Gasteiger partial charge is 0.354 e. The quantitative estimate of drug-likeness (QED) is 0.818. The molecule has 2 aliphatic rings. The SMILES string of the molecule is CCCN1CC2(CCN(C)CC2)C[C@@H]1C(=O)NCCc1ncnn1C. The molecule has 2 aliphatic heterocycles. The fraction of sp³-hybridized carbons (Fsp3) is 0.833. The number of hydrogen-bond acceptors (Lipinski definition) is 5. The maximum absolute atomic E-state index is 12.8. The van der Waals surface area contributed by atoms with Gasteiger partial charge >= 0.3 is 0 Å². The van der Waals surface area contributed by atoms with Crippen LogP contribution in [0.5, 0.6) is 0 Å². The van der Waals surface area contributed by atoms with Gasteiger partial charge in [0.2, 0.25) is 5.91 Å². The number of aromatic nitrogens is 3. The molecule has 3 rings (SSSR count). The van der Waals surface area contributed by atoms with E-state index in [9.17, 15) is 4.79 Å². The molecule has 3 heterocycles. The molecule has 1 aromatic heterocycles. The molecule has 140 valence electrons. The van der Waals surface area contributed by atoms with E-state index in [1.54, 1.807) is 11.0 Å². The number of hydrogen-bond donors (Lipinski definition) is 1. The first-order valence-corrected chi connectivity index (χ1v) is 9.56. The van der Waals surface area contributed by atoms with Crippen LogP contribution in [0.25, 0.3) is 0 Å². The maximum atomic E-state index is 12.8. The number of amides is 1. The molecule has 1 amide bonds. The molecule has 1 spiro atoms. The summed E-state index contributed by atoms with van der Waals surface area (Å²) in [5.74, 6) is 1.09. The van der Waals surface area contributed by atoms with Gasteiger partial charge in [0, 0.05) is 26.6 Å². The van der Waals surface area contributed by atoms with Crippen LogP contribution in [-0.4, -0.2) is 76.3 Å². The van der Waals surface area contributed by atoms with Gasteiger partial charge in [0.05, 0.1) is 6.04 Å². The van der Waals surface area contributed by atoms with E-state index in [1.165, 1.54) is 12.8 Å². The molecule has 7 heteroatoms. The third-order valence-corrected chi connectivity index (χ3v) is 5.92. The molecule has 0 bridgehead atoms. The summed E-state index contributed by atoms with van der Waals surface area (Å²) in [5.41, 5.74) is 0.341. The van der Waals surface area contributed by atoms with Crippen molar-refractivity contribution in [3.63, 3.8) is 0 Å². The van der Waals surface area contributed by atoms with Crippen LogP contribution in [0.15, 0.2) is 6.33 Å². The highest BCUT2D eigenvalue weighted by molar-refractivity contribution is 5.82. The lowest BCUT2D eigenvalue weighted by Gasteiger charge is -2.37. The maximum Gasteiger partial charge on any atom is 0.237 e. The van der Waals surface area contributed by atoms with Gasteiger partial charge in [0.15, 0.2) is 0 Å². The summed E-state index contributed by atoms with van der Waals surface area (Å²) in [6.07, 6.45) is 6.81. The standard InChI is InChI=1S/C18H32N6O/c1-4-9-24-13-18(6-10-22(2)11-7-18)12-15(24)17(25)19-8-5-16-20-14-21-23(16)3/h14-15H,4-13H2,1-3H3,(H,19,25)/t15-/m1/s1. The summed E-state index contributed by atoms with van der Waals surface area (Å²) in [6, 6.07) is 0.0304. The van der Waals surface area contributed by atoms with E-state index in [0.29, 0.717) is 12.0 Å². The number of nitrogens with one attached hydrogen (secondary N) is 1. The Labute approximate surface area is 150 Å². The normalized spacial score (nSPS) is 24.0. The van der Waals surface area contributed by atoms with E-state index in [2.05, 4.69) is 39.2 Å². The predicted molar refractivity (Wildman–Crippen MR) is 97.1 cm³/mol. The number of likely N-dealkylation sites (tertiary alicyclic amines) is 2. The van der Waals surface area contributed by atoms with Crippen molar-refractivity contribution >= 4 is 5.91 Å². The molecule has 2 saturated heterocycles. The molecule has 0 saturated carbocycles. The number of carbonyl (C=O) groups is 1.